The molecule has 0 unspecified atom stereocenters. The van der Waals surface area contributed by atoms with Crippen LogP contribution in [0.25, 0.3) is 23.3 Å². The van der Waals surface area contributed by atoms with Crippen LogP contribution in [0.3, 0.4) is 0 Å². The van der Waals surface area contributed by atoms with E-state index in [1.165, 1.54) is 17.8 Å². The summed E-state index contributed by atoms with van der Waals surface area (Å²) in [6, 6.07) is 20.5. The average molecular weight is 446 g/mol. The van der Waals surface area contributed by atoms with Gasteiger partial charge in [0.15, 0.2) is 0 Å². The number of anilines is 1. The maximum Gasteiger partial charge on any atom is 0.346 e. The van der Waals surface area contributed by atoms with Crippen LogP contribution in [-0.4, -0.2) is 22.9 Å². The number of nitro groups is 2. The van der Waals surface area contributed by atoms with E-state index in [0.29, 0.717) is 5.56 Å². The Bertz CT molecular complexity index is 1130. The van der Waals surface area contributed by atoms with Crippen molar-refractivity contribution >= 4 is 29.2 Å². The summed E-state index contributed by atoms with van der Waals surface area (Å²) in [4.78, 5) is 23.0. The average Bonchev–Trinajstić information content (AvgIpc) is 2.83. The van der Waals surface area contributed by atoms with Gasteiger partial charge in [-0.2, -0.15) is 0 Å². The molecule has 3 rings (SSSR count). The highest BCUT2D eigenvalue weighted by Gasteiger charge is 2.23. The first-order chi connectivity index (χ1) is 15.9. The molecule has 0 atom stereocenters. The molecule has 33 heavy (non-hydrogen) atoms. The lowest BCUT2D eigenvalue weighted by atomic mass is 10.0. The molecule has 0 saturated carbocycles. The number of rotatable bonds is 10. The highest BCUT2D eigenvalue weighted by molar-refractivity contribution is 5.74. The first-order valence-corrected chi connectivity index (χ1v) is 11.0. The van der Waals surface area contributed by atoms with Crippen LogP contribution in [0.2, 0.25) is 0 Å². The normalized spacial score (nSPS) is 11.0. The Morgan fingerprint density at radius 1 is 0.697 bits per heavy atom. The van der Waals surface area contributed by atoms with Crippen molar-refractivity contribution in [3.63, 3.8) is 0 Å². The Morgan fingerprint density at radius 3 is 1.70 bits per heavy atom. The van der Waals surface area contributed by atoms with E-state index in [1.807, 2.05) is 30.3 Å². The van der Waals surface area contributed by atoms with Crippen LogP contribution in [0.1, 0.15) is 37.8 Å². The molecule has 0 heterocycles. The number of nitro benzene ring substituents is 2. The summed E-state index contributed by atoms with van der Waals surface area (Å²) in [6.45, 7) is 6.48. The summed E-state index contributed by atoms with van der Waals surface area (Å²) in [5.41, 5.74) is 3.89. The Labute approximate surface area is 193 Å². The molecule has 0 N–H and O–H groups in total. The maximum atomic E-state index is 11.1. The second-order valence-electron chi connectivity index (χ2n) is 7.75. The van der Waals surface area contributed by atoms with Gasteiger partial charge in [0.1, 0.15) is 0 Å². The predicted octanol–water partition coefficient (Wildman–Crippen LogP) is 6.97. The van der Waals surface area contributed by atoms with Crippen molar-refractivity contribution in [2.45, 2.75) is 26.7 Å². The van der Waals surface area contributed by atoms with E-state index < -0.39 is 21.2 Å². The molecule has 0 aromatic heterocycles. The van der Waals surface area contributed by atoms with Crippen molar-refractivity contribution in [3.05, 3.63) is 98.1 Å². The van der Waals surface area contributed by atoms with Gasteiger partial charge in [-0.1, -0.05) is 62.4 Å². The molecular weight excluding hydrogens is 418 g/mol. The van der Waals surface area contributed by atoms with E-state index in [1.54, 1.807) is 6.08 Å². The van der Waals surface area contributed by atoms with Crippen molar-refractivity contribution in [2.24, 2.45) is 0 Å². The molecule has 0 aliphatic carbocycles. The molecule has 7 heteroatoms. The fraction of sp³-hybridized carbons (Fsp3) is 0.231. The summed E-state index contributed by atoms with van der Waals surface area (Å²) in [7, 11) is 0. The SMILES string of the molecule is CCCN(CCC)c1ccc(-c2ccc(/C=C/c3ccc([N+](=O)[O-])c([N+](=O)[O-])c3)cc2)cc1. The lowest BCUT2D eigenvalue weighted by molar-refractivity contribution is -0.422. The minimum atomic E-state index is -0.748. The number of hydrogen-bond acceptors (Lipinski definition) is 5. The Kier molecular flexibility index (Phi) is 7.91. The molecule has 0 amide bonds. The van der Waals surface area contributed by atoms with Crippen molar-refractivity contribution < 1.29 is 9.85 Å². The zero-order valence-corrected chi connectivity index (χ0v) is 18.8. The highest BCUT2D eigenvalue weighted by atomic mass is 16.6. The van der Waals surface area contributed by atoms with E-state index in [-0.39, 0.29) is 0 Å². The lowest BCUT2D eigenvalue weighted by Gasteiger charge is -2.24. The van der Waals surface area contributed by atoms with E-state index in [0.717, 1.165) is 48.7 Å². The number of hydrogen-bond donors (Lipinski definition) is 0. The zero-order chi connectivity index (χ0) is 23.8. The van der Waals surface area contributed by atoms with Crippen LogP contribution >= 0.6 is 0 Å². The summed E-state index contributed by atoms with van der Waals surface area (Å²) >= 11 is 0. The monoisotopic (exact) mass is 445 g/mol. The largest absolute Gasteiger partial charge is 0.372 e. The second-order valence-corrected chi connectivity index (χ2v) is 7.75. The van der Waals surface area contributed by atoms with Crippen molar-refractivity contribution in [2.75, 3.05) is 18.0 Å². The van der Waals surface area contributed by atoms with Gasteiger partial charge in [0.2, 0.25) is 0 Å². The summed E-state index contributed by atoms with van der Waals surface area (Å²) in [5.74, 6) is 0. The topological polar surface area (TPSA) is 89.5 Å². The summed E-state index contributed by atoms with van der Waals surface area (Å²) in [5, 5.41) is 22.1. The first-order valence-electron chi connectivity index (χ1n) is 11.0. The van der Waals surface area contributed by atoms with Gasteiger partial charge in [0.25, 0.3) is 0 Å². The van der Waals surface area contributed by atoms with Crippen LogP contribution in [-0.2, 0) is 0 Å². The molecule has 0 fully saturated rings. The van der Waals surface area contributed by atoms with Crippen molar-refractivity contribution in [1.82, 2.24) is 0 Å². The van der Waals surface area contributed by atoms with Crippen LogP contribution < -0.4 is 4.90 Å². The van der Waals surface area contributed by atoms with E-state index in [4.69, 9.17) is 0 Å². The van der Waals surface area contributed by atoms with Gasteiger partial charge in [-0.25, -0.2) is 0 Å². The molecule has 7 nitrogen and oxygen atoms in total. The predicted molar refractivity (Wildman–Crippen MR) is 133 cm³/mol. The van der Waals surface area contributed by atoms with Gasteiger partial charge in [-0.3, -0.25) is 20.2 Å². The fourth-order valence-electron chi connectivity index (χ4n) is 3.70. The summed E-state index contributed by atoms with van der Waals surface area (Å²) < 4.78 is 0. The Hall–Kier alpha value is -4.00. The van der Waals surface area contributed by atoms with Crippen LogP contribution in [0, 0.1) is 20.2 Å². The van der Waals surface area contributed by atoms with Crippen LogP contribution in [0.5, 0.6) is 0 Å². The minimum Gasteiger partial charge on any atom is -0.372 e. The molecule has 0 aliphatic rings. The quantitative estimate of drug-likeness (QED) is 0.191. The maximum absolute atomic E-state index is 11.1. The van der Waals surface area contributed by atoms with Gasteiger partial charge in [-0.15, -0.1) is 0 Å². The minimum absolute atomic E-state index is 0.514. The van der Waals surface area contributed by atoms with Crippen molar-refractivity contribution in [3.8, 4) is 11.1 Å². The number of benzene rings is 3. The number of nitrogens with zero attached hydrogens (tertiary/aromatic N) is 3. The Balaban J connectivity index is 1.74. The molecule has 3 aromatic carbocycles. The molecule has 0 spiro atoms. The van der Waals surface area contributed by atoms with Gasteiger partial charge in [0.05, 0.1) is 9.85 Å². The second kappa shape index (κ2) is 11.0. The fourth-order valence-corrected chi connectivity index (χ4v) is 3.70. The molecule has 3 aromatic rings. The van der Waals surface area contributed by atoms with E-state index >= 15 is 0 Å². The third-order valence-corrected chi connectivity index (χ3v) is 5.32. The van der Waals surface area contributed by atoms with Gasteiger partial charge in [-0.05, 0) is 53.3 Å². The Morgan fingerprint density at radius 2 is 1.18 bits per heavy atom. The molecule has 170 valence electrons. The van der Waals surface area contributed by atoms with Crippen molar-refractivity contribution in [1.29, 1.82) is 0 Å². The van der Waals surface area contributed by atoms with E-state index in [2.05, 4.69) is 43.0 Å². The molecule has 0 aliphatic heterocycles. The lowest BCUT2D eigenvalue weighted by Crippen LogP contribution is -2.24. The van der Waals surface area contributed by atoms with E-state index in [9.17, 15) is 20.2 Å². The van der Waals surface area contributed by atoms with Gasteiger partial charge >= 0.3 is 11.4 Å². The van der Waals surface area contributed by atoms with Crippen LogP contribution in [0.4, 0.5) is 17.1 Å². The smallest absolute Gasteiger partial charge is 0.346 e. The molecule has 0 radical (unpaired) electrons. The summed E-state index contributed by atoms with van der Waals surface area (Å²) in [6.07, 6.45) is 5.76. The molecule has 0 bridgehead atoms. The first kappa shape index (κ1) is 23.7. The van der Waals surface area contributed by atoms with Gasteiger partial charge in [0, 0.05) is 30.9 Å². The standard InChI is InChI=1S/C26H27N3O4/c1-3-17-27(18-4-2)24-14-12-23(13-15-24)22-10-7-20(8-11-22)5-6-21-9-16-25(28(30)31)26(19-21)29(32)33/h5-16,19H,3-4,17-18H2,1-2H3/b6-5+. The molecule has 0 saturated heterocycles. The molecular formula is C26H27N3O4. The third kappa shape index (κ3) is 6.04. The van der Waals surface area contributed by atoms with Gasteiger partial charge < -0.3 is 4.90 Å². The zero-order valence-electron chi connectivity index (χ0n) is 18.8. The van der Waals surface area contributed by atoms with Crippen LogP contribution in [0.15, 0.2) is 66.7 Å². The third-order valence-electron chi connectivity index (χ3n) is 5.32. The highest BCUT2D eigenvalue weighted by Crippen LogP contribution is 2.28.